The van der Waals surface area contributed by atoms with Crippen molar-refractivity contribution in [2.24, 2.45) is 11.7 Å². The molecule has 0 saturated heterocycles. The van der Waals surface area contributed by atoms with Gasteiger partial charge in [0.2, 0.25) is 17.7 Å². The topological polar surface area (TPSA) is 171 Å². The molecule has 28 heavy (non-hydrogen) atoms. The Morgan fingerprint density at radius 2 is 1.57 bits per heavy atom. The summed E-state index contributed by atoms with van der Waals surface area (Å²) in [6.07, 6.45) is 0.222. The van der Waals surface area contributed by atoms with Gasteiger partial charge in [-0.1, -0.05) is 26.0 Å². The molecule has 0 aliphatic rings. The lowest BCUT2D eigenvalue weighted by Gasteiger charge is -2.21. The number of hydrogen-bond acceptors (Lipinski definition) is 6. The van der Waals surface area contributed by atoms with Gasteiger partial charge in [-0.3, -0.25) is 19.2 Å². The average Bonchev–Trinajstić information content (AvgIpc) is 2.63. The molecule has 0 bridgehead atoms. The quantitative estimate of drug-likeness (QED) is 0.287. The van der Waals surface area contributed by atoms with E-state index in [9.17, 15) is 24.3 Å². The first-order valence-electron chi connectivity index (χ1n) is 8.70. The van der Waals surface area contributed by atoms with Gasteiger partial charge in [0, 0.05) is 0 Å². The third-order valence-corrected chi connectivity index (χ3v) is 3.83. The lowest BCUT2D eigenvalue weighted by molar-refractivity contribution is -0.138. The fraction of sp³-hybridized carbons (Fsp3) is 0.444. The van der Waals surface area contributed by atoms with Crippen molar-refractivity contribution >= 4 is 23.7 Å². The van der Waals surface area contributed by atoms with E-state index in [4.69, 9.17) is 10.8 Å². The molecule has 154 valence electrons. The number of aliphatic carboxylic acids is 1. The van der Waals surface area contributed by atoms with Crippen LogP contribution in [0.15, 0.2) is 24.3 Å². The Bertz CT molecular complexity index is 705. The van der Waals surface area contributed by atoms with Crippen molar-refractivity contribution in [3.63, 3.8) is 0 Å². The lowest BCUT2D eigenvalue weighted by Crippen LogP contribution is -2.53. The molecule has 0 spiro atoms. The zero-order chi connectivity index (χ0) is 21.3. The Morgan fingerprint density at radius 1 is 1.00 bits per heavy atom. The monoisotopic (exact) mass is 394 g/mol. The first-order chi connectivity index (χ1) is 13.1. The van der Waals surface area contributed by atoms with E-state index >= 15 is 0 Å². The van der Waals surface area contributed by atoms with Gasteiger partial charge in [0.25, 0.3) is 0 Å². The molecule has 3 amide bonds. The second-order valence-electron chi connectivity index (χ2n) is 6.60. The molecule has 1 aromatic carbocycles. The van der Waals surface area contributed by atoms with Crippen LogP contribution in [0.5, 0.6) is 5.75 Å². The second kappa shape index (κ2) is 10.9. The molecule has 0 fully saturated rings. The summed E-state index contributed by atoms with van der Waals surface area (Å²) in [5, 5.41) is 24.9. The van der Waals surface area contributed by atoms with Gasteiger partial charge in [-0.2, -0.15) is 0 Å². The predicted molar refractivity (Wildman–Crippen MR) is 100 cm³/mol. The van der Waals surface area contributed by atoms with Gasteiger partial charge in [0.1, 0.15) is 18.3 Å². The average molecular weight is 394 g/mol. The van der Waals surface area contributed by atoms with Crippen LogP contribution >= 0.6 is 0 Å². The minimum Gasteiger partial charge on any atom is -0.508 e. The Kier molecular flexibility index (Phi) is 8.89. The minimum atomic E-state index is -1.20. The van der Waals surface area contributed by atoms with E-state index < -0.39 is 42.3 Å². The number of nitrogens with one attached hydrogen (secondary N) is 3. The highest BCUT2D eigenvalue weighted by atomic mass is 16.4. The maximum Gasteiger partial charge on any atom is 0.322 e. The number of hydrogen-bond donors (Lipinski definition) is 6. The molecule has 0 heterocycles. The normalized spacial score (nSPS) is 12.7. The molecule has 0 aliphatic heterocycles. The molecule has 2 atom stereocenters. The van der Waals surface area contributed by atoms with E-state index in [1.807, 2.05) is 0 Å². The van der Waals surface area contributed by atoms with Gasteiger partial charge in [-0.25, -0.2) is 0 Å². The highest BCUT2D eigenvalue weighted by Crippen LogP contribution is 2.10. The van der Waals surface area contributed by atoms with Crippen LogP contribution in [0.3, 0.4) is 0 Å². The number of benzene rings is 1. The Labute approximate surface area is 162 Å². The fourth-order valence-electron chi connectivity index (χ4n) is 2.31. The van der Waals surface area contributed by atoms with E-state index in [1.54, 1.807) is 26.0 Å². The summed E-state index contributed by atoms with van der Waals surface area (Å²) in [6.45, 7) is 2.45. The number of nitrogens with two attached hydrogens (primary N) is 1. The molecule has 0 saturated carbocycles. The van der Waals surface area contributed by atoms with Gasteiger partial charge in [0.15, 0.2) is 0 Å². The molecular weight excluding hydrogens is 368 g/mol. The molecule has 1 rings (SSSR count). The van der Waals surface area contributed by atoms with Crippen molar-refractivity contribution in [3.8, 4) is 5.75 Å². The standard InChI is InChI=1S/C18H26N4O6/c1-10(2)16(18(28)21-9-15(25)26)22-14(24)8-20-17(27)13(19)7-11-3-5-12(23)6-4-11/h3-6,10,13,16,23H,7-9,19H2,1-2H3,(H,20,27)(H,21,28)(H,22,24)(H,25,26). The summed E-state index contributed by atoms with van der Waals surface area (Å²) < 4.78 is 0. The van der Waals surface area contributed by atoms with Crippen LogP contribution in [-0.2, 0) is 25.6 Å². The van der Waals surface area contributed by atoms with Crippen molar-refractivity contribution in [1.82, 2.24) is 16.0 Å². The molecule has 1 aromatic rings. The van der Waals surface area contributed by atoms with Gasteiger partial charge >= 0.3 is 5.97 Å². The second-order valence-corrected chi connectivity index (χ2v) is 6.60. The van der Waals surface area contributed by atoms with Gasteiger partial charge in [-0.05, 0) is 30.0 Å². The summed E-state index contributed by atoms with van der Waals surface area (Å²) in [6, 6.07) is 4.41. The zero-order valence-electron chi connectivity index (χ0n) is 15.8. The van der Waals surface area contributed by atoms with E-state index in [0.717, 1.165) is 5.56 Å². The number of carboxylic acid groups (broad SMARTS) is 1. The van der Waals surface area contributed by atoms with Crippen LogP contribution < -0.4 is 21.7 Å². The molecule has 2 unspecified atom stereocenters. The van der Waals surface area contributed by atoms with E-state index in [-0.39, 0.29) is 24.6 Å². The van der Waals surface area contributed by atoms with Crippen LogP contribution in [0.4, 0.5) is 0 Å². The molecule has 10 nitrogen and oxygen atoms in total. The maximum atomic E-state index is 12.0. The maximum absolute atomic E-state index is 12.0. The third-order valence-electron chi connectivity index (χ3n) is 3.83. The SMILES string of the molecule is CC(C)C(NC(=O)CNC(=O)C(N)Cc1ccc(O)cc1)C(=O)NCC(=O)O. The molecule has 0 radical (unpaired) electrons. The smallest absolute Gasteiger partial charge is 0.322 e. The van der Waals surface area contributed by atoms with Crippen LogP contribution in [0.1, 0.15) is 19.4 Å². The number of carbonyl (C=O) groups excluding carboxylic acids is 3. The Balaban J connectivity index is 2.49. The van der Waals surface area contributed by atoms with Gasteiger partial charge < -0.3 is 31.9 Å². The fourth-order valence-corrected chi connectivity index (χ4v) is 2.31. The van der Waals surface area contributed by atoms with Crippen molar-refractivity contribution < 1.29 is 29.4 Å². The largest absolute Gasteiger partial charge is 0.508 e. The number of carboxylic acids is 1. The van der Waals surface area contributed by atoms with Gasteiger partial charge in [0.05, 0.1) is 12.6 Å². The summed E-state index contributed by atoms with van der Waals surface area (Å²) in [5.41, 5.74) is 6.56. The van der Waals surface area contributed by atoms with E-state index in [1.165, 1.54) is 12.1 Å². The molecule has 0 aliphatic carbocycles. The number of phenols is 1. The molecule has 10 heteroatoms. The van der Waals surface area contributed by atoms with Crippen LogP contribution in [0, 0.1) is 5.92 Å². The van der Waals surface area contributed by atoms with Crippen molar-refractivity contribution in [2.75, 3.05) is 13.1 Å². The highest BCUT2D eigenvalue weighted by Gasteiger charge is 2.25. The van der Waals surface area contributed by atoms with Crippen LogP contribution in [-0.4, -0.2) is 59.1 Å². The number of aromatic hydroxyl groups is 1. The zero-order valence-corrected chi connectivity index (χ0v) is 15.8. The van der Waals surface area contributed by atoms with Crippen molar-refractivity contribution in [3.05, 3.63) is 29.8 Å². The number of phenolic OH excluding ortho intramolecular Hbond substituents is 1. The third kappa shape index (κ3) is 8.04. The van der Waals surface area contributed by atoms with E-state index in [0.29, 0.717) is 0 Å². The number of amides is 3. The summed E-state index contributed by atoms with van der Waals surface area (Å²) >= 11 is 0. The van der Waals surface area contributed by atoms with Crippen molar-refractivity contribution in [1.29, 1.82) is 0 Å². The first-order valence-corrected chi connectivity index (χ1v) is 8.70. The molecule has 0 aromatic heterocycles. The highest BCUT2D eigenvalue weighted by molar-refractivity contribution is 5.92. The molecule has 7 N–H and O–H groups in total. The van der Waals surface area contributed by atoms with Gasteiger partial charge in [-0.15, -0.1) is 0 Å². The lowest BCUT2D eigenvalue weighted by atomic mass is 10.0. The summed E-state index contributed by atoms with van der Waals surface area (Å²) in [7, 11) is 0. The summed E-state index contributed by atoms with van der Waals surface area (Å²) in [4.78, 5) is 46.6. The van der Waals surface area contributed by atoms with Crippen LogP contribution in [0.2, 0.25) is 0 Å². The molecular formula is C18H26N4O6. The minimum absolute atomic E-state index is 0.102. The Hall–Kier alpha value is -3.14. The Morgan fingerprint density at radius 3 is 2.11 bits per heavy atom. The number of rotatable bonds is 10. The first kappa shape index (κ1) is 22.9. The predicted octanol–water partition coefficient (Wildman–Crippen LogP) is -1.28. The van der Waals surface area contributed by atoms with Crippen molar-refractivity contribution in [2.45, 2.75) is 32.4 Å². The summed E-state index contributed by atoms with van der Waals surface area (Å²) in [5.74, 6) is -3.15. The van der Waals surface area contributed by atoms with Crippen LogP contribution in [0.25, 0.3) is 0 Å². The van der Waals surface area contributed by atoms with E-state index in [2.05, 4.69) is 16.0 Å². The number of carbonyl (C=O) groups is 4.